The molecule has 6 nitrogen and oxygen atoms in total. The van der Waals surface area contributed by atoms with Crippen molar-refractivity contribution in [1.29, 1.82) is 0 Å². The Morgan fingerprint density at radius 1 is 1.43 bits per heavy atom. The molecule has 4 N–H and O–H groups in total. The van der Waals surface area contributed by atoms with Gasteiger partial charge in [0.15, 0.2) is 0 Å². The standard InChI is InChI=1S/C22H33N5O/c1-16-5-3-7-19(13-16)26-22(23)20-15-27(17(2)28)12-9-21(20)25-11-8-18-6-4-10-24-14-18/h3,5,7,13,18,24-25H,4,6,8-12,14-15H2,1-2H3,(H2,23,26). The number of amides is 1. The van der Waals surface area contributed by atoms with Crippen molar-refractivity contribution in [2.75, 3.05) is 32.7 Å². The van der Waals surface area contributed by atoms with E-state index in [-0.39, 0.29) is 5.91 Å². The van der Waals surface area contributed by atoms with Gasteiger partial charge in [0.05, 0.1) is 12.2 Å². The van der Waals surface area contributed by atoms with Gasteiger partial charge in [-0.3, -0.25) is 4.79 Å². The van der Waals surface area contributed by atoms with Crippen LogP contribution in [0.15, 0.2) is 40.5 Å². The van der Waals surface area contributed by atoms with E-state index in [4.69, 9.17) is 5.73 Å². The maximum absolute atomic E-state index is 11.9. The lowest BCUT2D eigenvalue weighted by Crippen LogP contribution is -2.41. The van der Waals surface area contributed by atoms with Gasteiger partial charge in [0.2, 0.25) is 5.91 Å². The minimum atomic E-state index is 0.0770. The Morgan fingerprint density at radius 2 is 2.29 bits per heavy atom. The van der Waals surface area contributed by atoms with Gasteiger partial charge >= 0.3 is 0 Å². The number of hydrogen-bond donors (Lipinski definition) is 3. The number of aliphatic imine (C=N–C) groups is 1. The van der Waals surface area contributed by atoms with Crippen molar-refractivity contribution in [3.05, 3.63) is 41.1 Å². The van der Waals surface area contributed by atoms with Crippen LogP contribution in [0.2, 0.25) is 0 Å². The van der Waals surface area contributed by atoms with E-state index >= 15 is 0 Å². The van der Waals surface area contributed by atoms with Crippen molar-refractivity contribution in [3.63, 3.8) is 0 Å². The molecule has 2 heterocycles. The van der Waals surface area contributed by atoms with Gasteiger partial charge in [0.25, 0.3) is 0 Å². The minimum absolute atomic E-state index is 0.0770. The molecule has 0 radical (unpaired) electrons. The van der Waals surface area contributed by atoms with E-state index < -0.39 is 0 Å². The molecule has 28 heavy (non-hydrogen) atoms. The molecule has 152 valence electrons. The summed E-state index contributed by atoms with van der Waals surface area (Å²) in [6.07, 6.45) is 4.51. The predicted molar refractivity (Wildman–Crippen MR) is 115 cm³/mol. The molecule has 3 rings (SSSR count). The number of aryl methyl sites for hydroxylation is 1. The summed E-state index contributed by atoms with van der Waals surface area (Å²) < 4.78 is 0. The lowest BCUT2D eigenvalue weighted by Gasteiger charge is -2.31. The number of nitrogens with zero attached hydrogens (tertiary/aromatic N) is 2. The first-order chi connectivity index (χ1) is 13.5. The van der Waals surface area contributed by atoms with Crippen molar-refractivity contribution in [2.24, 2.45) is 16.6 Å². The Morgan fingerprint density at radius 3 is 3.00 bits per heavy atom. The normalized spacial score (nSPS) is 21.0. The second-order valence-corrected chi connectivity index (χ2v) is 7.91. The van der Waals surface area contributed by atoms with Crippen molar-refractivity contribution in [3.8, 4) is 0 Å². The summed E-state index contributed by atoms with van der Waals surface area (Å²) in [5.74, 6) is 1.31. The Balaban J connectivity index is 1.74. The topological polar surface area (TPSA) is 82.8 Å². The van der Waals surface area contributed by atoms with Crippen LogP contribution in [0.1, 0.15) is 38.2 Å². The first-order valence-electron chi connectivity index (χ1n) is 10.4. The summed E-state index contributed by atoms with van der Waals surface area (Å²) in [4.78, 5) is 18.4. The summed E-state index contributed by atoms with van der Waals surface area (Å²) in [5, 5.41) is 7.09. The van der Waals surface area contributed by atoms with Crippen LogP contribution in [-0.2, 0) is 4.79 Å². The number of benzene rings is 1. The SMILES string of the molecule is CC(=O)N1CCC(NCCC2CCCNC2)=C(C(N)=Nc2cccc(C)c2)C1. The average Bonchev–Trinajstić information content (AvgIpc) is 2.69. The van der Waals surface area contributed by atoms with Crippen LogP contribution in [-0.4, -0.2) is 49.4 Å². The highest BCUT2D eigenvalue weighted by Crippen LogP contribution is 2.21. The second-order valence-electron chi connectivity index (χ2n) is 7.91. The number of piperidine rings is 1. The Bertz CT molecular complexity index is 749. The third kappa shape index (κ3) is 5.58. The largest absolute Gasteiger partial charge is 0.388 e. The van der Waals surface area contributed by atoms with E-state index in [1.54, 1.807) is 6.92 Å². The number of carbonyl (C=O) groups excluding carboxylic acids is 1. The molecule has 0 bridgehead atoms. The average molecular weight is 384 g/mol. The number of nitrogens with one attached hydrogen (secondary N) is 2. The highest BCUT2D eigenvalue weighted by molar-refractivity contribution is 6.00. The molecule has 2 aliphatic rings. The zero-order chi connectivity index (χ0) is 19.9. The van der Waals surface area contributed by atoms with E-state index in [9.17, 15) is 4.79 Å². The fourth-order valence-corrected chi connectivity index (χ4v) is 3.96. The van der Waals surface area contributed by atoms with E-state index in [1.165, 1.54) is 12.8 Å². The molecule has 0 saturated carbocycles. The molecule has 0 aromatic heterocycles. The van der Waals surface area contributed by atoms with E-state index in [1.807, 2.05) is 36.1 Å². The second kappa shape index (κ2) is 9.73. The van der Waals surface area contributed by atoms with E-state index in [2.05, 4.69) is 15.6 Å². The predicted octanol–water partition coefficient (Wildman–Crippen LogP) is 2.47. The van der Waals surface area contributed by atoms with E-state index in [0.717, 1.165) is 67.5 Å². The molecular formula is C22H33N5O. The van der Waals surface area contributed by atoms with Crippen molar-refractivity contribution in [2.45, 2.75) is 39.5 Å². The summed E-state index contributed by atoms with van der Waals surface area (Å²) in [6, 6.07) is 7.99. The number of nitrogens with two attached hydrogens (primary N) is 1. The van der Waals surface area contributed by atoms with Gasteiger partial charge in [-0.25, -0.2) is 4.99 Å². The molecule has 1 aromatic carbocycles. The van der Waals surface area contributed by atoms with Crippen LogP contribution >= 0.6 is 0 Å². The highest BCUT2D eigenvalue weighted by atomic mass is 16.2. The molecule has 1 unspecified atom stereocenters. The van der Waals surface area contributed by atoms with Gasteiger partial charge < -0.3 is 21.3 Å². The van der Waals surface area contributed by atoms with Crippen LogP contribution in [0.3, 0.4) is 0 Å². The van der Waals surface area contributed by atoms with Crippen LogP contribution < -0.4 is 16.4 Å². The third-order valence-electron chi connectivity index (χ3n) is 5.64. The maximum Gasteiger partial charge on any atom is 0.219 e. The number of hydrogen-bond acceptors (Lipinski definition) is 4. The third-order valence-corrected chi connectivity index (χ3v) is 5.64. The number of amidine groups is 1. The van der Waals surface area contributed by atoms with Gasteiger partial charge in [0, 0.05) is 37.7 Å². The highest BCUT2D eigenvalue weighted by Gasteiger charge is 2.23. The molecule has 1 atom stereocenters. The molecule has 0 spiro atoms. The van der Waals surface area contributed by atoms with Crippen molar-refractivity contribution in [1.82, 2.24) is 15.5 Å². The lowest BCUT2D eigenvalue weighted by molar-refractivity contribution is -0.128. The number of rotatable bonds is 6. The first-order valence-corrected chi connectivity index (χ1v) is 10.4. The van der Waals surface area contributed by atoms with Gasteiger partial charge in [0.1, 0.15) is 5.84 Å². The fourth-order valence-electron chi connectivity index (χ4n) is 3.96. The van der Waals surface area contributed by atoms with Crippen molar-refractivity contribution < 1.29 is 4.79 Å². The zero-order valence-electron chi connectivity index (χ0n) is 17.1. The van der Waals surface area contributed by atoms with Crippen LogP contribution in [0.4, 0.5) is 5.69 Å². The fraction of sp³-hybridized carbons (Fsp3) is 0.545. The quantitative estimate of drug-likeness (QED) is 0.521. The summed E-state index contributed by atoms with van der Waals surface area (Å²) in [7, 11) is 0. The molecular weight excluding hydrogens is 350 g/mol. The Labute approximate surface area is 168 Å². The summed E-state index contributed by atoms with van der Waals surface area (Å²) >= 11 is 0. The Hall–Kier alpha value is -2.34. The minimum Gasteiger partial charge on any atom is -0.388 e. The summed E-state index contributed by atoms with van der Waals surface area (Å²) in [6.45, 7) is 8.09. The number of carbonyl (C=O) groups is 1. The summed E-state index contributed by atoms with van der Waals surface area (Å²) in [5.41, 5.74) is 10.5. The smallest absolute Gasteiger partial charge is 0.219 e. The van der Waals surface area contributed by atoms with Crippen LogP contribution in [0.25, 0.3) is 0 Å². The molecule has 1 aromatic rings. The van der Waals surface area contributed by atoms with Crippen LogP contribution in [0.5, 0.6) is 0 Å². The van der Waals surface area contributed by atoms with Crippen molar-refractivity contribution >= 4 is 17.4 Å². The maximum atomic E-state index is 11.9. The molecule has 1 saturated heterocycles. The van der Waals surface area contributed by atoms with Gasteiger partial charge in [-0.2, -0.15) is 0 Å². The van der Waals surface area contributed by atoms with Gasteiger partial charge in [-0.05, 0) is 62.9 Å². The molecule has 1 fully saturated rings. The van der Waals surface area contributed by atoms with E-state index in [0.29, 0.717) is 12.4 Å². The first kappa shape index (κ1) is 20.4. The monoisotopic (exact) mass is 383 g/mol. The van der Waals surface area contributed by atoms with Gasteiger partial charge in [-0.1, -0.05) is 12.1 Å². The molecule has 6 heteroatoms. The molecule has 1 amide bonds. The lowest BCUT2D eigenvalue weighted by atomic mass is 9.96. The van der Waals surface area contributed by atoms with Gasteiger partial charge in [-0.15, -0.1) is 0 Å². The molecule has 0 aliphatic carbocycles. The zero-order valence-corrected chi connectivity index (χ0v) is 17.1. The Kier molecular flexibility index (Phi) is 7.09. The van der Waals surface area contributed by atoms with Crippen LogP contribution in [0, 0.1) is 12.8 Å². The molecule has 2 aliphatic heterocycles.